The van der Waals surface area contributed by atoms with Crippen molar-refractivity contribution in [3.63, 3.8) is 0 Å². The molecule has 0 aliphatic carbocycles. The van der Waals surface area contributed by atoms with Crippen LogP contribution in [0, 0.1) is 0 Å². The zero-order chi connectivity index (χ0) is 17.9. The van der Waals surface area contributed by atoms with E-state index >= 15 is 0 Å². The molecule has 0 radical (unpaired) electrons. The number of carbonyl (C=O) groups is 1. The van der Waals surface area contributed by atoms with Gasteiger partial charge in [-0.2, -0.15) is 4.98 Å². The number of pyridine rings is 1. The van der Waals surface area contributed by atoms with Gasteiger partial charge in [-0.25, -0.2) is 0 Å². The zero-order valence-electron chi connectivity index (χ0n) is 14.5. The van der Waals surface area contributed by atoms with E-state index in [1.54, 1.807) is 24.5 Å². The van der Waals surface area contributed by atoms with Crippen LogP contribution in [0.3, 0.4) is 0 Å². The number of rotatable bonds is 4. The minimum atomic E-state index is -0.177. The molecule has 0 aliphatic heterocycles. The van der Waals surface area contributed by atoms with E-state index in [0.29, 0.717) is 17.3 Å². The van der Waals surface area contributed by atoms with Gasteiger partial charge in [0.15, 0.2) is 0 Å². The Bertz CT molecular complexity index is 849. The van der Waals surface area contributed by atoms with Crippen molar-refractivity contribution in [2.45, 2.75) is 32.7 Å². The number of nitrogens with one attached hydrogen (secondary N) is 1. The highest BCUT2D eigenvalue weighted by atomic mass is 16.5. The van der Waals surface area contributed by atoms with E-state index in [9.17, 15) is 4.79 Å². The van der Waals surface area contributed by atoms with Crippen molar-refractivity contribution < 1.29 is 9.32 Å². The van der Waals surface area contributed by atoms with Crippen LogP contribution in [0.2, 0.25) is 0 Å². The smallest absolute Gasteiger partial charge is 0.251 e. The van der Waals surface area contributed by atoms with Crippen LogP contribution in [0.5, 0.6) is 0 Å². The number of carbonyl (C=O) groups excluding carboxylic acids is 1. The normalized spacial score (nSPS) is 11.3. The molecule has 128 valence electrons. The number of hydrogen-bond acceptors (Lipinski definition) is 5. The van der Waals surface area contributed by atoms with Crippen molar-refractivity contribution in [1.82, 2.24) is 20.4 Å². The van der Waals surface area contributed by atoms with E-state index in [0.717, 1.165) is 5.56 Å². The molecule has 0 bridgehead atoms. The van der Waals surface area contributed by atoms with Gasteiger partial charge in [0.05, 0.1) is 6.54 Å². The van der Waals surface area contributed by atoms with E-state index in [1.165, 1.54) is 5.56 Å². The molecule has 1 aromatic carbocycles. The Labute approximate surface area is 146 Å². The second-order valence-electron chi connectivity index (χ2n) is 6.76. The molecule has 0 spiro atoms. The standard InChI is InChI=1S/C19H20N4O2/c1-19(2,3)15-6-4-14(5-7-15)18(24)21-12-16-22-17(23-25-16)13-8-10-20-11-9-13/h4-11H,12H2,1-3H3,(H,21,24). The van der Waals surface area contributed by atoms with Crippen LogP contribution >= 0.6 is 0 Å². The lowest BCUT2D eigenvalue weighted by molar-refractivity contribution is 0.0946. The molecule has 0 aliphatic rings. The lowest BCUT2D eigenvalue weighted by atomic mass is 9.87. The van der Waals surface area contributed by atoms with Crippen LogP contribution < -0.4 is 5.32 Å². The van der Waals surface area contributed by atoms with E-state index < -0.39 is 0 Å². The average Bonchev–Trinajstić information content (AvgIpc) is 3.09. The number of nitrogens with zero attached hydrogens (tertiary/aromatic N) is 3. The lowest BCUT2D eigenvalue weighted by Gasteiger charge is -2.18. The predicted octanol–water partition coefficient (Wildman–Crippen LogP) is 3.36. The van der Waals surface area contributed by atoms with Gasteiger partial charge < -0.3 is 9.84 Å². The van der Waals surface area contributed by atoms with E-state index in [1.807, 2.05) is 24.3 Å². The van der Waals surface area contributed by atoms with Crippen molar-refractivity contribution in [2.75, 3.05) is 0 Å². The Hall–Kier alpha value is -3.02. The minimum absolute atomic E-state index is 0.0577. The number of hydrogen-bond donors (Lipinski definition) is 1. The summed E-state index contributed by atoms with van der Waals surface area (Å²) in [6, 6.07) is 11.2. The third-order valence-corrected chi connectivity index (χ3v) is 3.82. The van der Waals surface area contributed by atoms with Gasteiger partial charge in [0.1, 0.15) is 0 Å². The van der Waals surface area contributed by atoms with E-state index in [4.69, 9.17) is 4.52 Å². The fourth-order valence-corrected chi connectivity index (χ4v) is 2.32. The molecule has 0 atom stereocenters. The summed E-state index contributed by atoms with van der Waals surface area (Å²) in [5.41, 5.74) is 2.65. The number of aromatic nitrogens is 3. The molecule has 0 fully saturated rings. The molecule has 3 aromatic rings. The second kappa shape index (κ2) is 6.84. The molecular formula is C19H20N4O2. The summed E-state index contributed by atoms with van der Waals surface area (Å²) in [5.74, 6) is 0.650. The van der Waals surface area contributed by atoms with Crippen LogP contribution in [-0.2, 0) is 12.0 Å². The number of benzene rings is 1. The van der Waals surface area contributed by atoms with Gasteiger partial charge in [-0.05, 0) is 35.2 Å². The molecule has 0 saturated heterocycles. The predicted molar refractivity (Wildman–Crippen MR) is 93.8 cm³/mol. The molecule has 2 heterocycles. The first-order valence-corrected chi connectivity index (χ1v) is 8.05. The molecule has 1 N–H and O–H groups in total. The third kappa shape index (κ3) is 4.09. The summed E-state index contributed by atoms with van der Waals surface area (Å²) in [5, 5.41) is 6.70. The van der Waals surface area contributed by atoms with Crippen molar-refractivity contribution in [3.8, 4) is 11.4 Å². The first-order chi connectivity index (χ1) is 11.9. The van der Waals surface area contributed by atoms with Crippen molar-refractivity contribution in [1.29, 1.82) is 0 Å². The highest BCUT2D eigenvalue weighted by molar-refractivity contribution is 5.94. The SMILES string of the molecule is CC(C)(C)c1ccc(C(=O)NCc2nc(-c3ccncc3)no2)cc1. The van der Waals surface area contributed by atoms with Crippen LogP contribution in [0.25, 0.3) is 11.4 Å². The largest absolute Gasteiger partial charge is 0.343 e. The summed E-state index contributed by atoms with van der Waals surface area (Å²) >= 11 is 0. The summed E-state index contributed by atoms with van der Waals surface area (Å²) < 4.78 is 5.17. The first kappa shape index (κ1) is 16.8. The Kier molecular flexibility index (Phi) is 4.61. The second-order valence-corrected chi connectivity index (χ2v) is 6.76. The van der Waals surface area contributed by atoms with Gasteiger partial charge in [-0.3, -0.25) is 9.78 Å². The van der Waals surface area contributed by atoms with Crippen molar-refractivity contribution in [3.05, 3.63) is 65.8 Å². The van der Waals surface area contributed by atoms with Gasteiger partial charge in [-0.15, -0.1) is 0 Å². The van der Waals surface area contributed by atoms with Gasteiger partial charge in [0.2, 0.25) is 11.7 Å². The summed E-state index contributed by atoms with van der Waals surface area (Å²) in [7, 11) is 0. The molecule has 1 amide bonds. The molecule has 3 rings (SSSR count). The Morgan fingerprint density at radius 1 is 1.08 bits per heavy atom. The van der Waals surface area contributed by atoms with Gasteiger partial charge >= 0.3 is 0 Å². The summed E-state index contributed by atoms with van der Waals surface area (Å²) in [6.45, 7) is 6.59. The molecular weight excluding hydrogens is 316 g/mol. The Morgan fingerprint density at radius 3 is 2.40 bits per heavy atom. The molecule has 0 saturated carbocycles. The zero-order valence-corrected chi connectivity index (χ0v) is 14.5. The maximum atomic E-state index is 12.2. The monoisotopic (exact) mass is 336 g/mol. The maximum absolute atomic E-state index is 12.2. The Morgan fingerprint density at radius 2 is 1.76 bits per heavy atom. The van der Waals surface area contributed by atoms with Crippen LogP contribution in [0.1, 0.15) is 42.6 Å². The third-order valence-electron chi connectivity index (χ3n) is 3.82. The summed E-state index contributed by atoms with van der Waals surface area (Å²) in [6.07, 6.45) is 3.32. The quantitative estimate of drug-likeness (QED) is 0.790. The fourth-order valence-electron chi connectivity index (χ4n) is 2.32. The Balaban J connectivity index is 1.62. The minimum Gasteiger partial charge on any atom is -0.343 e. The topological polar surface area (TPSA) is 80.9 Å². The molecule has 2 aromatic heterocycles. The molecule has 6 nitrogen and oxygen atoms in total. The van der Waals surface area contributed by atoms with Crippen LogP contribution in [-0.4, -0.2) is 21.0 Å². The molecule has 25 heavy (non-hydrogen) atoms. The van der Waals surface area contributed by atoms with Crippen LogP contribution in [0.15, 0.2) is 53.3 Å². The molecule has 0 unspecified atom stereocenters. The highest BCUT2D eigenvalue weighted by Gasteiger charge is 2.15. The van der Waals surface area contributed by atoms with Crippen molar-refractivity contribution >= 4 is 5.91 Å². The average molecular weight is 336 g/mol. The van der Waals surface area contributed by atoms with E-state index in [2.05, 4.69) is 41.2 Å². The fraction of sp³-hybridized carbons (Fsp3) is 0.263. The van der Waals surface area contributed by atoms with Gasteiger partial charge in [0.25, 0.3) is 5.91 Å². The van der Waals surface area contributed by atoms with Crippen LogP contribution in [0.4, 0.5) is 0 Å². The highest BCUT2D eigenvalue weighted by Crippen LogP contribution is 2.22. The number of amides is 1. The van der Waals surface area contributed by atoms with Gasteiger partial charge in [-0.1, -0.05) is 38.1 Å². The summed E-state index contributed by atoms with van der Waals surface area (Å²) in [4.78, 5) is 20.5. The lowest BCUT2D eigenvalue weighted by Crippen LogP contribution is -2.23. The van der Waals surface area contributed by atoms with E-state index in [-0.39, 0.29) is 17.9 Å². The first-order valence-electron chi connectivity index (χ1n) is 8.05. The molecule has 6 heteroatoms. The van der Waals surface area contributed by atoms with Crippen molar-refractivity contribution in [2.24, 2.45) is 0 Å². The maximum Gasteiger partial charge on any atom is 0.251 e. The van der Waals surface area contributed by atoms with Gasteiger partial charge in [0, 0.05) is 23.5 Å².